The molecule has 7 heteroatoms. The van der Waals surface area contributed by atoms with Crippen molar-refractivity contribution in [2.24, 2.45) is 0 Å². The predicted molar refractivity (Wildman–Crippen MR) is 58.1 cm³/mol. The summed E-state index contributed by atoms with van der Waals surface area (Å²) in [6, 6.07) is 0.231. The summed E-state index contributed by atoms with van der Waals surface area (Å²) in [5, 5.41) is 6.71. The number of alkyl halides is 3. The minimum atomic E-state index is -4.29. The molecule has 1 aliphatic carbocycles. The van der Waals surface area contributed by atoms with Gasteiger partial charge in [-0.3, -0.25) is 0 Å². The molecule has 4 nitrogen and oxygen atoms in total. The van der Waals surface area contributed by atoms with Crippen molar-refractivity contribution in [3.05, 3.63) is 11.7 Å². The van der Waals surface area contributed by atoms with E-state index in [1.165, 1.54) is 0 Å². The lowest BCUT2D eigenvalue weighted by molar-refractivity contribution is -0.128. The van der Waals surface area contributed by atoms with Gasteiger partial charge in [0.2, 0.25) is 5.89 Å². The SMILES string of the molecule is CCNC1CCCC1c1nc(CC(F)(F)F)no1. The Bertz CT molecular complexity index is 391. The van der Waals surface area contributed by atoms with Crippen molar-refractivity contribution in [3.63, 3.8) is 0 Å². The molecule has 1 fully saturated rings. The summed E-state index contributed by atoms with van der Waals surface area (Å²) in [7, 11) is 0. The van der Waals surface area contributed by atoms with Crippen LogP contribution in [0.25, 0.3) is 0 Å². The molecule has 0 bridgehead atoms. The Morgan fingerprint density at radius 2 is 2.17 bits per heavy atom. The average Bonchev–Trinajstić information content (AvgIpc) is 2.84. The Kier molecular flexibility index (Phi) is 3.89. The maximum Gasteiger partial charge on any atom is 0.396 e. The number of rotatable bonds is 4. The Balaban J connectivity index is 2.05. The van der Waals surface area contributed by atoms with E-state index in [1.54, 1.807) is 0 Å². The van der Waals surface area contributed by atoms with E-state index >= 15 is 0 Å². The Labute approximate surface area is 103 Å². The highest BCUT2D eigenvalue weighted by atomic mass is 19.4. The second-order valence-corrected chi connectivity index (χ2v) is 4.54. The molecular formula is C11H16F3N3O. The number of halogens is 3. The van der Waals surface area contributed by atoms with E-state index in [4.69, 9.17) is 4.52 Å². The smallest absolute Gasteiger partial charge is 0.339 e. The lowest BCUT2D eigenvalue weighted by Gasteiger charge is -2.16. The summed E-state index contributed by atoms with van der Waals surface area (Å²) < 4.78 is 41.5. The Hall–Kier alpha value is -1.11. The second kappa shape index (κ2) is 5.26. The lowest BCUT2D eigenvalue weighted by Crippen LogP contribution is -2.31. The molecule has 2 rings (SSSR count). The highest BCUT2D eigenvalue weighted by Gasteiger charge is 2.34. The van der Waals surface area contributed by atoms with Gasteiger partial charge in [-0.15, -0.1) is 0 Å². The average molecular weight is 263 g/mol. The first-order valence-electron chi connectivity index (χ1n) is 6.12. The first-order valence-corrected chi connectivity index (χ1v) is 6.12. The molecule has 2 atom stereocenters. The molecule has 18 heavy (non-hydrogen) atoms. The van der Waals surface area contributed by atoms with Crippen molar-refractivity contribution >= 4 is 0 Å². The van der Waals surface area contributed by atoms with Gasteiger partial charge in [-0.2, -0.15) is 18.2 Å². The molecule has 0 spiro atoms. The number of nitrogens with zero attached hydrogens (tertiary/aromatic N) is 2. The summed E-state index contributed by atoms with van der Waals surface area (Å²) in [6.45, 7) is 2.82. The third kappa shape index (κ3) is 3.22. The number of hydrogen-bond donors (Lipinski definition) is 1. The zero-order valence-electron chi connectivity index (χ0n) is 10.1. The number of aromatic nitrogens is 2. The van der Waals surface area contributed by atoms with Crippen LogP contribution in [-0.2, 0) is 6.42 Å². The number of hydrogen-bond acceptors (Lipinski definition) is 4. The van der Waals surface area contributed by atoms with E-state index in [0.29, 0.717) is 5.89 Å². The van der Waals surface area contributed by atoms with Gasteiger partial charge in [0, 0.05) is 6.04 Å². The van der Waals surface area contributed by atoms with Gasteiger partial charge >= 0.3 is 6.18 Å². The van der Waals surface area contributed by atoms with Crippen molar-refractivity contribution in [2.45, 2.75) is 50.7 Å². The number of likely N-dealkylation sites (N-methyl/N-ethyl adjacent to an activating group) is 1. The van der Waals surface area contributed by atoms with Crippen LogP contribution in [0.5, 0.6) is 0 Å². The van der Waals surface area contributed by atoms with Gasteiger partial charge in [0.15, 0.2) is 5.82 Å². The van der Waals surface area contributed by atoms with E-state index in [1.807, 2.05) is 6.92 Å². The van der Waals surface area contributed by atoms with Gasteiger partial charge in [-0.1, -0.05) is 18.5 Å². The van der Waals surface area contributed by atoms with E-state index in [-0.39, 0.29) is 17.8 Å². The van der Waals surface area contributed by atoms with Crippen LogP contribution in [-0.4, -0.2) is 28.9 Å². The van der Waals surface area contributed by atoms with E-state index in [0.717, 1.165) is 25.8 Å². The van der Waals surface area contributed by atoms with Crippen LogP contribution in [0.3, 0.4) is 0 Å². The highest BCUT2D eigenvalue weighted by Crippen LogP contribution is 2.34. The standard InChI is InChI=1S/C11H16F3N3O/c1-2-15-8-5-3-4-7(8)10-16-9(17-18-10)6-11(12,13)14/h7-8,15H,2-6H2,1H3. The maximum atomic E-state index is 12.2. The molecule has 1 aromatic heterocycles. The number of nitrogens with one attached hydrogen (secondary N) is 1. The minimum absolute atomic E-state index is 0.0411. The van der Waals surface area contributed by atoms with Gasteiger partial charge in [0.25, 0.3) is 0 Å². The molecule has 0 amide bonds. The second-order valence-electron chi connectivity index (χ2n) is 4.54. The lowest BCUT2D eigenvalue weighted by atomic mass is 10.0. The van der Waals surface area contributed by atoms with Crippen LogP contribution in [0.15, 0.2) is 4.52 Å². The van der Waals surface area contributed by atoms with Crippen molar-refractivity contribution in [3.8, 4) is 0 Å². The van der Waals surface area contributed by atoms with Crippen LogP contribution < -0.4 is 5.32 Å². The summed E-state index contributed by atoms with van der Waals surface area (Å²) in [5.41, 5.74) is 0. The molecule has 1 N–H and O–H groups in total. The summed E-state index contributed by atoms with van der Waals surface area (Å²) in [6.07, 6.45) is -2.52. The third-order valence-electron chi connectivity index (χ3n) is 3.14. The van der Waals surface area contributed by atoms with Gasteiger partial charge in [0.05, 0.1) is 5.92 Å². The van der Waals surface area contributed by atoms with Gasteiger partial charge in [0.1, 0.15) is 6.42 Å². The van der Waals surface area contributed by atoms with E-state index < -0.39 is 12.6 Å². The highest BCUT2D eigenvalue weighted by molar-refractivity contribution is 5.03. The molecular weight excluding hydrogens is 247 g/mol. The normalized spacial score (nSPS) is 24.7. The molecule has 102 valence electrons. The van der Waals surface area contributed by atoms with Gasteiger partial charge in [-0.05, 0) is 19.4 Å². The summed E-state index contributed by atoms with van der Waals surface area (Å²) in [5.74, 6) is 0.0942. The maximum absolute atomic E-state index is 12.2. The van der Waals surface area contributed by atoms with Crippen LogP contribution >= 0.6 is 0 Å². The quantitative estimate of drug-likeness (QED) is 0.906. The van der Waals surface area contributed by atoms with Gasteiger partial charge < -0.3 is 9.84 Å². The fourth-order valence-corrected chi connectivity index (χ4v) is 2.43. The molecule has 0 aliphatic heterocycles. The van der Waals surface area contributed by atoms with Crippen molar-refractivity contribution in [1.29, 1.82) is 0 Å². The van der Waals surface area contributed by atoms with Crippen molar-refractivity contribution in [2.75, 3.05) is 6.54 Å². The predicted octanol–water partition coefficient (Wildman–Crippen LogP) is 2.42. The first-order chi connectivity index (χ1) is 8.49. The Morgan fingerprint density at radius 3 is 2.83 bits per heavy atom. The fraction of sp³-hybridized carbons (Fsp3) is 0.818. The molecule has 1 aliphatic rings. The van der Waals surface area contributed by atoms with E-state index in [9.17, 15) is 13.2 Å². The molecule has 2 unspecified atom stereocenters. The monoisotopic (exact) mass is 263 g/mol. The largest absolute Gasteiger partial charge is 0.396 e. The molecule has 0 aromatic carbocycles. The first kappa shape index (κ1) is 13.3. The molecule has 1 aromatic rings. The van der Waals surface area contributed by atoms with Crippen LogP contribution in [0.2, 0.25) is 0 Å². The van der Waals surface area contributed by atoms with Gasteiger partial charge in [-0.25, -0.2) is 0 Å². The summed E-state index contributed by atoms with van der Waals surface area (Å²) >= 11 is 0. The molecule has 1 saturated carbocycles. The zero-order valence-corrected chi connectivity index (χ0v) is 10.1. The fourth-order valence-electron chi connectivity index (χ4n) is 2.43. The van der Waals surface area contributed by atoms with E-state index in [2.05, 4.69) is 15.5 Å². The van der Waals surface area contributed by atoms with Crippen LogP contribution in [0.1, 0.15) is 43.8 Å². The Morgan fingerprint density at radius 1 is 1.39 bits per heavy atom. The summed E-state index contributed by atoms with van der Waals surface area (Å²) in [4.78, 5) is 3.87. The van der Waals surface area contributed by atoms with Crippen LogP contribution in [0.4, 0.5) is 13.2 Å². The molecule has 0 radical (unpaired) electrons. The third-order valence-corrected chi connectivity index (χ3v) is 3.14. The molecule has 1 heterocycles. The van der Waals surface area contributed by atoms with Crippen molar-refractivity contribution < 1.29 is 17.7 Å². The molecule has 0 saturated heterocycles. The van der Waals surface area contributed by atoms with Crippen LogP contribution in [0, 0.1) is 0 Å². The van der Waals surface area contributed by atoms with Crippen molar-refractivity contribution in [1.82, 2.24) is 15.5 Å². The zero-order chi connectivity index (χ0) is 13.2. The topological polar surface area (TPSA) is 51.0 Å². The minimum Gasteiger partial charge on any atom is -0.339 e.